The van der Waals surface area contributed by atoms with Crippen LogP contribution in [0.1, 0.15) is 37.9 Å². The number of hydrogen-bond acceptors (Lipinski definition) is 4. The number of aliphatic hydroxyl groups is 1. The summed E-state index contributed by atoms with van der Waals surface area (Å²) in [4.78, 5) is 13.6. The van der Waals surface area contributed by atoms with Gasteiger partial charge in [-0.15, -0.1) is 0 Å². The number of aliphatic hydroxyl groups excluding tert-OH is 1. The number of β-amino-alcohol motifs (C(OH)–C–C–N with tert-alkyl or cyclic N) is 1. The summed E-state index contributed by atoms with van der Waals surface area (Å²) in [5.74, 6) is -0.101. The van der Waals surface area contributed by atoms with Gasteiger partial charge in [0.25, 0.3) is 0 Å². The molecule has 0 bridgehead atoms. The van der Waals surface area contributed by atoms with Crippen molar-refractivity contribution in [3.63, 3.8) is 0 Å². The smallest absolute Gasteiger partial charge is 0.410 e. The van der Waals surface area contributed by atoms with Gasteiger partial charge in [0, 0.05) is 31.3 Å². The van der Waals surface area contributed by atoms with Crippen molar-refractivity contribution < 1.29 is 14.6 Å². The Kier molecular flexibility index (Phi) is 3.77. The van der Waals surface area contributed by atoms with E-state index in [1.807, 2.05) is 40.9 Å². The highest BCUT2D eigenvalue weighted by Crippen LogP contribution is 2.30. The lowest BCUT2D eigenvalue weighted by Crippen LogP contribution is -2.35. The third-order valence-corrected chi connectivity index (χ3v) is 3.39. The maximum atomic E-state index is 12.0. The van der Waals surface area contributed by atoms with Crippen molar-refractivity contribution in [2.24, 2.45) is 7.05 Å². The molecule has 20 heavy (non-hydrogen) atoms. The molecule has 2 heterocycles. The molecule has 0 spiro atoms. The third-order valence-electron chi connectivity index (χ3n) is 3.39. The predicted octanol–water partition coefficient (Wildman–Crippen LogP) is 1.42. The van der Waals surface area contributed by atoms with E-state index in [1.165, 1.54) is 0 Å². The Hall–Kier alpha value is -1.56. The molecule has 1 fully saturated rings. The predicted molar refractivity (Wildman–Crippen MR) is 74.5 cm³/mol. The van der Waals surface area contributed by atoms with Crippen LogP contribution in [0.3, 0.4) is 0 Å². The average Bonchev–Trinajstić information content (AvgIpc) is 2.79. The van der Waals surface area contributed by atoms with Gasteiger partial charge in [-0.25, -0.2) is 4.79 Å². The second kappa shape index (κ2) is 5.09. The van der Waals surface area contributed by atoms with E-state index < -0.39 is 11.7 Å². The van der Waals surface area contributed by atoms with Crippen LogP contribution >= 0.6 is 0 Å². The number of ether oxygens (including phenoxy) is 1. The van der Waals surface area contributed by atoms with Crippen molar-refractivity contribution >= 4 is 6.09 Å². The number of nitrogens with zero attached hydrogens (tertiary/aromatic N) is 3. The molecule has 0 aliphatic carbocycles. The molecule has 1 saturated heterocycles. The normalized spacial score (nSPS) is 23.2. The molecule has 1 aliphatic rings. The third kappa shape index (κ3) is 3.12. The fraction of sp³-hybridized carbons (Fsp3) is 0.714. The van der Waals surface area contributed by atoms with Gasteiger partial charge in [-0.05, 0) is 27.7 Å². The molecule has 2 atom stereocenters. The zero-order valence-electron chi connectivity index (χ0n) is 12.8. The van der Waals surface area contributed by atoms with E-state index in [2.05, 4.69) is 5.10 Å². The van der Waals surface area contributed by atoms with Gasteiger partial charge in [-0.3, -0.25) is 4.68 Å². The SMILES string of the molecule is Cc1nn(C)cc1[C@@H]1CN(C(=O)OC(C)(C)C)C[C@H]1O. The highest BCUT2D eigenvalue weighted by molar-refractivity contribution is 5.69. The molecule has 6 heteroatoms. The lowest BCUT2D eigenvalue weighted by Gasteiger charge is -2.24. The quantitative estimate of drug-likeness (QED) is 0.845. The van der Waals surface area contributed by atoms with E-state index in [0.717, 1.165) is 11.3 Å². The molecule has 0 unspecified atom stereocenters. The zero-order chi connectivity index (χ0) is 15.1. The zero-order valence-corrected chi connectivity index (χ0v) is 12.8. The lowest BCUT2D eigenvalue weighted by atomic mass is 9.97. The summed E-state index contributed by atoms with van der Waals surface area (Å²) >= 11 is 0. The summed E-state index contributed by atoms with van der Waals surface area (Å²) in [7, 11) is 1.85. The molecule has 1 aromatic rings. The summed E-state index contributed by atoms with van der Waals surface area (Å²) in [6, 6.07) is 0. The minimum atomic E-state index is -0.578. The molecular formula is C14H23N3O3. The van der Waals surface area contributed by atoms with Crippen molar-refractivity contribution in [3.8, 4) is 0 Å². The number of rotatable bonds is 1. The van der Waals surface area contributed by atoms with Gasteiger partial charge in [0.1, 0.15) is 5.60 Å². The van der Waals surface area contributed by atoms with Gasteiger partial charge in [-0.2, -0.15) is 5.10 Å². The Morgan fingerprint density at radius 2 is 2.10 bits per heavy atom. The molecular weight excluding hydrogens is 258 g/mol. The largest absolute Gasteiger partial charge is 0.444 e. The monoisotopic (exact) mass is 281 g/mol. The van der Waals surface area contributed by atoms with Crippen molar-refractivity contribution in [2.75, 3.05) is 13.1 Å². The van der Waals surface area contributed by atoms with E-state index in [4.69, 9.17) is 4.74 Å². The van der Waals surface area contributed by atoms with Gasteiger partial charge in [0.05, 0.1) is 18.3 Å². The summed E-state index contributed by atoms with van der Waals surface area (Å²) in [5, 5.41) is 14.5. The summed E-state index contributed by atoms with van der Waals surface area (Å²) in [6.07, 6.45) is 0.952. The Bertz CT molecular complexity index is 504. The summed E-state index contributed by atoms with van der Waals surface area (Å²) in [5.41, 5.74) is 1.36. The number of hydrogen-bond donors (Lipinski definition) is 1. The standard InChI is InChI=1S/C14H23N3O3/c1-9-10(6-16(5)15-9)11-7-17(8-12(11)18)13(19)20-14(2,3)4/h6,11-12,18H,7-8H2,1-5H3/t11-,12+/m0/s1. The summed E-state index contributed by atoms with van der Waals surface area (Å²) in [6.45, 7) is 8.18. The van der Waals surface area contributed by atoms with Gasteiger partial charge in [-0.1, -0.05) is 0 Å². The van der Waals surface area contributed by atoms with Crippen LogP contribution in [0.2, 0.25) is 0 Å². The molecule has 6 nitrogen and oxygen atoms in total. The molecule has 2 rings (SSSR count). The van der Waals surface area contributed by atoms with Gasteiger partial charge in [0.2, 0.25) is 0 Å². The van der Waals surface area contributed by atoms with Gasteiger partial charge in [0.15, 0.2) is 0 Å². The number of aryl methyl sites for hydroxylation is 2. The number of amides is 1. The van der Waals surface area contributed by atoms with Crippen molar-refractivity contribution in [1.29, 1.82) is 0 Å². The van der Waals surface area contributed by atoms with Gasteiger partial charge < -0.3 is 14.7 Å². The minimum absolute atomic E-state index is 0.101. The molecule has 1 N–H and O–H groups in total. The van der Waals surface area contributed by atoms with E-state index >= 15 is 0 Å². The Labute approximate surface area is 119 Å². The van der Waals surface area contributed by atoms with Crippen LogP contribution in [0.5, 0.6) is 0 Å². The second-order valence-electron chi connectivity index (χ2n) is 6.40. The minimum Gasteiger partial charge on any atom is -0.444 e. The average molecular weight is 281 g/mol. The molecule has 112 valence electrons. The first-order valence-electron chi connectivity index (χ1n) is 6.83. The highest BCUT2D eigenvalue weighted by atomic mass is 16.6. The van der Waals surface area contributed by atoms with Crippen molar-refractivity contribution in [3.05, 3.63) is 17.5 Å². The molecule has 0 radical (unpaired) electrons. The fourth-order valence-electron chi connectivity index (χ4n) is 2.55. The topological polar surface area (TPSA) is 67.6 Å². The van der Waals surface area contributed by atoms with Gasteiger partial charge >= 0.3 is 6.09 Å². The van der Waals surface area contributed by atoms with Crippen LogP contribution in [0.15, 0.2) is 6.20 Å². The summed E-state index contributed by atoms with van der Waals surface area (Å²) < 4.78 is 7.07. The van der Waals surface area contributed by atoms with Crippen LogP contribution in [-0.4, -0.2) is 50.7 Å². The number of carbonyl (C=O) groups is 1. The highest BCUT2D eigenvalue weighted by Gasteiger charge is 2.38. The van der Waals surface area contributed by atoms with Crippen molar-refractivity contribution in [1.82, 2.24) is 14.7 Å². The van der Waals surface area contributed by atoms with Crippen LogP contribution in [0.4, 0.5) is 4.79 Å². The maximum Gasteiger partial charge on any atom is 0.410 e. The van der Waals surface area contributed by atoms with Crippen LogP contribution < -0.4 is 0 Å². The van der Waals surface area contributed by atoms with Crippen LogP contribution in [0.25, 0.3) is 0 Å². The molecule has 0 aromatic carbocycles. The Morgan fingerprint density at radius 1 is 1.45 bits per heavy atom. The first-order chi connectivity index (χ1) is 9.17. The van der Waals surface area contributed by atoms with Crippen LogP contribution in [0, 0.1) is 6.92 Å². The van der Waals surface area contributed by atoms with Crippen LogP contribution in [-0.2, 0) is 11.8 Å². The molecule has 0 saturated carbocycles. The first kappa shape index (κ1) is 14.8. The fourth-order valence-corrected chi connectivity index (χ4v) is 2.55. The molecule has 1 aliphatic heterocycles. The van der Waals surface area contributed by atoms with E-state index in [0.29, 0.717) is 13.1 Å². The van der Waals surface area contributed by atoms with E-state index in [1.54, 1.807) is 9.58 Å². The molecule has 1 aromatic heterocycles. The number of carbonyl (C=O) groups excluding carboxylic acids is 1. The maximum absolute atomic E-state index is 12.0. The van der Waals surface area contributed by atoms with E-state index in [9.17, 15) is 9.90 Å². The lowest BCUT2D eigenvalue weighted by molar-refractivity contribution is 0.0270. The first-order valence-corrected chi connectivity index (χ1v) is 6.83. The number of aromatic nitrogens is 2. The van der Waals surface area contributed by atoms with Crippen molar-refractivity contribution in [2.45, 2.75) is 45.3 Å². The Balaban J connectivity index is 2.09. The van der Waals surface area contributed by atoms with E-state index in [-0.39, 0.29) is 12.0 Å². The Morgan fingerprint density at radius 3 is 2.60 bits per heavy atom. The number of likely N-dealkylation sites (tertiary alicyclic amines) is 1. The molecule has 1 amide bonds. The second-order valence-corrected chi connectivity index (χ2v) is 6.40.